The van der Waals surface area contributed by atoms with Gasteiger partial charge in [-0.1, -0.05) is 0 Å². The van der Waals surface area contributed by atoms with Gasteiger partial charge in [-0.3, -0.25) is 9.59 Å². The molecular weight excluding hydrogens is 468 g/mol. The predicted molar refractivity (Wildman–Crippen MR) is 134 cm³/mol. The molecule has 8 nitrogen and oxygen atoms in total. The Labute approximate surface area is 206 Å². The number of thioether (sulfide) groups is 1. The zero-order valence-corrected chi connectivity index (χ0v) is 20.6. The lowest BCUT2D eigenvalue weighted by atomic mass is 9.84. The van der Waals surface area contributed by atoms with Crippen molar-refractivity contribution >= 4 is 29.7 Å². The van der Waals surface area contributed by atoms with Gasteiger partial charge < -0.3 is 29.2 Å². The zero-order valence-electron chi connectivity index (χ0n) is 19.8. The van der Waals surface area contributed by atoms with Gasteiger partial charge in [0, 0.05) is 54.7 Å². The van der Waals surface area contributed by atoms with Crippen LogP contribution in [0.3, 0.4) is 0 Å². The number of pyridine rings is 1. The van der Waals surface area contributed by atoms with Gasteiger partial charge in [-0.2, -0.15) is 11.8 Å². The van der Waals surface area contributed by atoms with Gasteiger partial charge in [0.2, 0.25) is 6.79 Å². The number of hydrogen-bond acceptors (Lipinski definition) is 8. The van der Waals surface area contributed by atoms with Crippen molar-refractivity contribution in [2.75, 3.05) is 39.9 Å². The molecule has 2 N–H and O–H groups in total. The first-order valence-electron chi connectivity index (χ1n) is 11.9. The number of ether oxygens (including phenoxy) is 4. The van der Waals surface area contributed by atoms with Crippen LogP contribution in [0.4, 0.5) is 0 Å². The van der Waals surface area contributed by atoms with Gasteiger partial charge in [0.15, 0.2) is 17.3 Å². The summed E-state index contributed by atoms with van der Waals surface area (Å²) in [4.78, 5) is 29.8. The molecule has 2 aliphatic carbocycles. The summed E-state index contributed by atoms with van der Waals surface area (Å²) in [6.07, 6.45) is 6.02. The molecule has 4 aliphatic rings. The molecule has 0 bridgehead atoms. The van der Waals surface area contributed by atoms with Crippen molar-refractivity contribution in [3.05, 3.63) is 44.1 Å². The van der Waals surface area contributed by atoms with Crippen LogP contribution in [-0.2, 0) is 9.47 Å². The number of nitrogens with one attached hydrogen (secondary N) is 2. The van der Waals surface area contributed by atoms with Crippen LogP contribution in [0.15, 0.2) is 16.9 Å². The molecule has 6 rings (SSSR count). The molecule has 2 aromatic rings. The Morgan fingerprint density at radius 1 is 1.14 bits per heavy atom. The maximum absolute atomic E-state index is 13.5. The molecule has 1 aromatic heterocycles. The van der Waals surface area contributed by atoms with Crippen molar-refractivity contribution in [3.63, 3.8) is 0 Å². The molecule has 2 aliphatic heterocycles. The lowest BCUT2D eigenvalue weighted by molar-refractivity contribution is -0.0544. The average molecular weight is 497 g/mol. The molecule has 9 heteroatoms. The quantitative estimate of drug-likeness (QED) is 0.525. The largest absolute Gasteiger partial charge is 0.454 e. The maximum Gasteiger partial charge on any atom is 0.256 e. The SMILES string of the molecule is COC1C=c2c3c([nH]c(=O)c2=CC1(CCCC1CNCCS1)OC)-c1cc2c(cc1C3=O)OCO2. The number of hydrogen-bond donors (Lipinski definition) is 2. The fourth-order valence-electron chi connectivity index (χ4n) is 5.65. The molecule has 3 heterocycles. The van der Waals surface area contributed by atoms with Gasteiger partial charge in [-0.15, -0.1) is 0 Å². The second kappa shape index (κ2) is 8.81. The number of ketones is 1. The van der Waals surface area contributed by atoms with Crippen molar-refractivity contribution < 1.29 is 23.7 Å². The molecular formula is C26H28N2O6S. The fraction of sp³-hybridized carbons (Fsp3) is 0.462. The Morgan fingerprint density at radius 3 is 2.66 bits per heavy atom. The number of methoxy groups -OCH3 is 2. The molecule has 3 unspecified atom stereocenters. The number of aromatic nitrogens is 1. The third kappa shape index (κ3) is 3.64. The Balaban J connectivity index is 1.41. The zero-order chi connectivity index (χ0) is 24.2. The van der Waals surface area contributed by atoms with Crippen LogP contribution in [0.25, 0.3) is 23.4 Å². The third-order valence-electron chi connectivity index (χ3n) is 7.47. The van der Waals surface area contributed by atoms with Crippen molar-refractivity contribution in [1.82, 2.24) is 10.3 Å². The van der Waals surface area contributed by atoms with Gasteiger partial charge in [-0.05, 0) is 48.8 Å². The minimum absolute atomic E-state index is 0.118. The van der Waals surface area contributed by atoms with E-state index in [0.29, 0.717) is 56.0 Å². The summed E-state index contributed by atoms with van der Waals surface area (Å²) in [7, 11) is 3.29. The molecule has 0 radical (unpaired) electrons. The van der Waals surface area contributed by atoms with E-state index in [1.54, 1.807) is 26.4 Å². The van der Waals surface area contributed by atoms with Crippen LogP contribution < -0.4 is 30.8 Å². The van der Waals surface area contributed by atoms with E-state index in [0.717, 1.165) is 31.7 Å². The smallest absolute Gasteiger partial charge is 0.256 e. The van der Waals surface area contributed by atoms with E-state index in [9.17, 15) is 9.59 Å². The summed E-state index contributed by atoms with van der Waals surface area (Å²) in [5, 5.41) is 5.08. The highest BCUT2D eigenvalue weighted by Crippen LogP contribution is 2.42. The normalized spacial score (nSPS) is 25.9. The summed E-state index contributed by atoms with van der Waals surface area (Å²) in [5.41, 5.74) is 1.10. The number of carbonyl (C=O) groups excluding carboxylic acids is 1. The van der Waals surface area contributed by atoms with Gasteiger partial charge >= 0.3 is 0 Å². The minimum atomic E-state index is -0.785. The highest BCUT2D eigenvalue weighted by atomic mass is 32.2. The summed E-state index contributed by atoms with van der Waals surface area (Å²) >= 11 is 2.01. The van der Waals surface area contributed by atoms with Crippen LogP contribution >= 0.6 is 11.8 Å². The Morgan fingerprint density at radius 2 is 1.94 bits per heavy atom. The van der Waals surface area contributed by atoms with E-state index in [2.05, 4.69) is 10.3 Å². The molecule has 184 valence electrons. The standard InChI is InChI=1S/C26H28N2O6S/c1-31-21-10-15-18(11-26(21,32-2)5-3-4-14-12-27-6-7-35-14)25(30)28-23-16-8-19-20(34-13-33-19)9-17(16)24(29)22(15)23/h8-11,14,21,27H,3-7,12-13H2,1-2H3,(H,28,30). The third-order valence-corrected chi connectivity index (χ3v) is 8.78. The van der Waals surface area contributed by atoms with Crippen molar-refractivity contribution in [1.29, 1.82) is 0 Å². The van der Waals surface area contributed by atoms with Crippen LogP contribution in [0.2, 0.25) is 0 Å². The van der Waals surface area contributed by atoms with E-state index in [-0.39, 0.29) is 18.1 Å². The molecule has 0 saturated carbocycles. The number of fused-ring (bicyclic) bond motifs is 6. The van der Waals surface area contributed by atoms with Crippen molar-refractivity contribution in [3.8, 4) is 22.8 Å². The molecule has 0 amide bonds. The van der Waals surface area contributed by atoms with Crippen molar-refractivity contribution in [2.45, 2.75) is 36.2 Å². The van der Waals surface area contributed by atoms with Crippen LogP contribution in [0.1, 0.15) is 35.2 Å². The fourth-order valence-corrected chi connectivity index (χ4v) is 6.81. The van der Waals surface area contributed by atoms with E-state index in [1.165, 1.54) is 0 Å². The molecule has 1 saturated heterocycles. The van der Waals surface area contributed by atoms with E-state index >= 15 is 0 Å². The van der Waals surface area contributed by atoms with Gasteiger partial charge in [0.25, 0.3) is 5.56 Å². The highest BCUT2D eigenvalue weighted by molar-refractivity contribution is 8.00. The van der Waals surface area contributed by atoms with E-state index in [4.69, 9.17) is 18.9 Å². The first kappa shape index (κ1) is 22.8. The minimum Gasteiger partial charge on any atom is -0.454 e. The van der Waals surface area contributed by atoms with E-state index < -0.39 is 11.7 Å². The second-order valence-electron chi connectivity index (χ2n) is 9.33. The molecule has 0 spiro atoms. The number of rotatable bonds is 6. The van der Waals surface area contributed by atoms with E-state index in [1.807, 2.05) is 23.9 Å². The predicted octanol–water partition coefficient (Wildman–Crippen LogP) is 1.17. The summed E-state index contributed by atoms with van der Waals surface area (Å²) < 4.78 is 22.9. The Hall–Kier alpha value is -2.59. The highest BCUT2D eigenvalue weighted by Gasteiger charge is 2.40. The number of H-pyrrole nitrogens is 1. The number of benzene rings is 1. The lowest BCUT2D eigenvalue weighted by Crippen LogP contribution is -2.55. The molecule has 35 heavy (non-hydrogen) atoms. The second-order valence-corrected chi connectivity index (χ2v) is 10.7. The first-order chi connectivity index (χ1) is 17.0. The van der Waals surface area contributed by atoms with Gasteiger partial charge in [0.05, 0.1) is 11.3 Å². The summed E-state index contributed by atoms with van der Waals surface area (Å²) in [6.45, 7) is 2.20. The van der Waals surface area contributed by atoms with Crippen LogP contribution in [0.5, 0.6) is 11.5 Å². The molecule has 1 fully saturated rings. The van der Waals surface area contributed by atoms with Gasteiger partial charge in [0.1, 0.15) is 11.7 Å². The Kier molecular flexibility index (Phi) is 5.75. The Bertz CT molecular complexity index is 1380. The average Bonchev–Trinajstić information content (AvgIpc) is 3.45. The lowest BCUT2D eigenvalue weighted by Gasteiger charge is -2.37. The first-order valence-corrected chi connectivity index (χ1v) is 13.0. The van der Waals surface area contributed by atoms with Gasteiger partial charge in [-0.25, -0.2) is 0 Å². The molecule has 1 aromatic carbocycles. The monoisotopic (exact) mass is 496 g/mol. The van der Waals surface area contributed by atoms with Crippen LogP contribution in [0, 0.1) is 0 Å². The van der Waals surface area contributed by atoms with Crippen molar-refractivity contribution in [2.24, 2.45) is 0 Å². The molecule has 3 atom stereocenters. The summed E-state index contributed by atoms with van der Waals surface area (Å²) in [5.74, 6) is 2.09. The van der Waals surface area contributed by atoms with Crippen LogP contribution in [-0.4, -0.2) is 67.6 Å². The number of carbonyl (C=O) groups is 1. The maximum atomic E-state index is 13.5. The summed E-state index contributed by atoms with van der Waals surface area (Å²) in [6, 6.07) is 3.46. The topological polar surface area (TPSA) is 98.9 Å². The number of aromatic amines is 1.